The molecule has 0 atom stereocenters. The van der Waals surface area contributed by atoms with E-state index in [0.29, 0.717) is 22.3 Å². The maximum Gasteiger partial charge on any atom is 0.193 e. The lowest BCUT2D eigenvalue weighted by molar-refractivity contribution is 0.103. The summed E-state index contributed by atoms with van der Waals surface area (Å²) in [5.74, 6) is 0.141. The second-order valence-corrected chi connectivity index (χ2v) is 5.19. The van der Waals surface area contributed by atoms with Crippen LogP contribution in [-0.2, 0) is 0 Å². The third kappa shape index (κ3) is 1.95. The SMILES string of the molecule is O=C(c1ccccc1)c1ccc2oc3cc(O)ccc3c2c1. The molecule has 0 aliphatic carbocycles. The van der Waals surface area contributed by atoms with Crippen molar-refractivity contribution in [2.75, 3.05) is 0 Å². The average Bonchev–Trinajstić information content (AvgIpc) is 2.91. The Balaban J connectivity index is 1.90. The van der Waals surface area contributed by atoms with Crippen molar-refractivity contribution in [3.05, 3.63) is 77.9 Å². The molecule has 0 bridgehead atoms. The van der Waals surface area contributed by atoms with Gasteiger partial charge in [0.15, 0.2) is 5.78 Å². The fourth-order valence-corrected chi connectivity index (χ4v) is 2.66. The molecular weight excluding hydrogens is 276 g/mol. The number of fused-ring (bicyclic) bond motifs is 3. The topological polar surface area (TPSA) is 50.4 Å². The first-order valence-corrected chi connectivity index (χ1v) is 6.97. The first kappa shape index (κ1) is 12.7. The number of hydrogen-bond donors (Lipinski definition) is 1. The van der Waals surface area contributed by atoms with Crippen LogP contribution in [0.15, 0.2) is 71.1 Å². The molecule has 0 aliphatic heterocycles. The Kier molecular flexibility index (Phi) is 2.73. The van der Waals surface area contributed by atoms with Gasteiger partial charge >= 0.3 is 0 Å². The van der Waals surface area contributed by atoms with Crippen molar-refractivity contribution >= 4 is 27.7 Å². The highest BCUT2D eigenvalue weighted by molar-refractivity contribution is 6.13. The molecule has 22 heavy (non-hydrogen) atoms. The van der Waals surface area contributed by atoms with Crippen LogP contribution < -0.4 is 0 Å². The van der Waals surface area contributed by atoms with E-state index < -0.39 is 0 Å². The second-order valence-electron chi connectivity index (χ2n) is 5.19. The van der Waals surface area contributed by atoms with Crippen molar-refractivity contribution in [2.45, 2.75) is 0 Å². The van der Waals surface area contributed by atoms with Crippen LogP contribution in [-0.4, -0.2) is 10.9 Å². The summed E-state index contributed by atoms with van der Waals surface area (Å²) in [6.07, 6.45) is 0. The second kappa shape index (κ2) is 4.74. The lowest BCUT2D eigenvalue weighted by Gasteiger charge is -2.01. The summed E-state index contributed by atoms with van der Waals surface area (Å²) in [6.45, 7) is 0. The summed E-state index contributed by atoms with van der Waals surface area (Å²) in [7, 11) is 0. The van der Waals surface area contributed by atoms with Crippen LogP contribution in [0.4, 0.5) is 0 Å². The van der Waals surface area contributed by atoms with Crippen molar-refractivity contribution in [1.29, 1.82) is 0 Å². The molecule has 0 aliphatic rings. The van der Waals surface area contributed by atoms with Crippen LogP contribution in [0.2, 0.25) is 0 Å². The summed E-state index contributed by atoms with van der Waals surface area (Å²) < 4.78 is 5.70. The van der Waals surface area contributed by atoms with Crippen molar-refractivity contribution in [3.63, 3.8) is 0 Å². The quantitative estimate of drug-likeness (QED) is 0.552. The zero-order valence-electron chi connectivity index (χ0n) is 11.6. The molecule has 0 saturated carbocycles. The fourth-order valence-electron chi connectivity index (χ4n) is 2.66. The predicted molar refractivity (Wildman–Crippen MR) is 85.3 cm³/mol. The predicted octanol–water partition coefficient (Wildman–Crippen LogP) is 4.52. The summed E-state index contributed by atoms with van der Waals surface area (Å²) in [6, 6.07) is 19.6. The van der Waals surface area contributed by atoms with Gasteiger partial charge in [0.2, 0.25) is 0 Å². The van der Waals surface area contributed by atoms with Crippen molar-refractivity contribution < 1.29 is 14.3 Å². The summed E-state index contributed by atoms with van der Waals surface area (Å²) in [5.41, 5.74) is 2.59. The van der Waals surface area contributed by atoms with Gasteiger partial charge in [-0.25, -0.2) is 0 Å². The van der Waals surface area contributed by atoms with E-state index in [0.717, 1.165) is 10.8 Å². The largest absolute Gasteiger partial charge is 0.508 e. The Morgan fingerprint density at radius 1 is 0.773 bits per heavy atom. The Bertz CT molecular complexity index is 997. The van der Waals surface area contributed by atoms with Crippen molar-refractivity contribution in [2.24, 2.45) is 0 Å². The fraction of sp³-hybridized carbons (Fsp3) is 0. The summed E-state index contributed by atoms with van der Waals surface area (Å²) in [4.78, 5) is 12.5. The minimum atomic E-state index is -0.0179. The number of rotatable bonds is 2. The smallest absolute Gasteiger partial charge is 0.193 e. The zero-order valence-corrected chi connectivity index (χ0v) is 11.6. The van der Waals surface area contributed by atoms with E-state index in [9.17, 15) is 9.90 Å². The first-order valence-electron chi connectivity index (χ1n) is 6.97. The van der Waals surface area contributed by atoms with E-state index >= 15 is 0 Å². The molecule has 0 spiro atoms. The minimum Gasteiger partial charge on any atom is -0.508 e. The van der Waals surface area contributed by atoms with Gasteiger partial charge in [-0.1, -0.05) is 30.3 Å². The number of phenols is 1. The number of aromatic hydroxyl groups is 1. The molecular formula is C19H12O3. The van der Waals surface area contributed by atoms with E-state index in [-0.39, 0.29) is 11.5 Å². The van der Waals surface area contributed by atoms with Gasteiger partial charge in [0.1, 0.15) is 16.9 Å². The van der Waals surface area contributed by atoms with E-state index in [1.54, 1.807) is 42.5 Å². The van der Waals surface area contributed by atoms with Crippen LogP contribution in [0.25, 0.3) is 21.9 Å². The molecule has 3 heteroatoms. The Hall–Kier alpha value is -3.07. The molecule has 0 amide bonds. The van der Waals surface area contributed by atoms with Gasteiger partial charge < -0.3 is 9.52 Å². The van der Waals surface area contributed by atoms with Crippen LogP contribution in [0, 0.1) is 0 Å². The highest BCUT2D eigenvalue weighted by atomic mass is 16.3. The molecule has 4 aromatic rings. The molecule has 1 aromatic heterocycles. The van der Waals surface area contributed by atoms with E-state index in [1.165, 1.54) is 0 Å². The molecule has 0 fully saturated rings. The van der Waals surface area contributed by atoms with E-state index in [4.69, 9.17) is 4.42 Å². The van der Waals surface area contributed by atoms with Crippen LogP contribution in [0.3, 0.4) is 0 Å². The maximum absolute atomic E-state index is 12.5. The van der Waals surface area contributed by atoms with Crippen molar-refractivity contribution in [3.8, 4) is 5.75 Å². The number of ketones is 1. The zero-order chi connectivity index (χ0) is 15.1. The molecule has 4 rings (SSSR count). The van der Waals surface area contributed by atoms with Gasteiger partial charge in [-0.3, -0.25) is 4.79 Å². The Morgan fingerprint density at radius 2 is 1.59 bits per heavy atom. The number of carbonyl (C=O) groups is 1. The number of carbonyl (C=O) groups excluding carboxylic acids is 1. The summed E-state index contributed by atoms with van der Waals surface area (Å²) >= 11 is 0. The van der Waals surface area contributed by atoms with E-state index in [1.807, 2.05) is 24.3 Å². The van der Waals surface area contributed by atoms with Gasteiger partial charge in [0.05, 0.1) is 0 Å². The van der Waals surface area contributed by atoms with Gasteiger partial charge in [0, 0.05) is 28.0 Å². The van der Waals surface area contributed by atoms with Gasteiger partial charge in [-0.05, 0) is 30.3 Å². The highest BCUT2D eigenvalue weighted by Crippen LogP contribution is 2.31. The first-order chi connectivity index (χ1) is 10.7. The number of furan rings is 1. The normalized spacial score (nSPS) is 11.1. The lowest BCUT2D eigenvalue weighted by Crippen LogP contribution is -2.00. The Morgan fingerprint density at radius 3 is 2.41 bits per heavy atom. The van der Waals surface area contributed by atoms with Crippen LogP contribution in [0.1, 0.15) is 15.9 Å². The molecule has 0 radical (unpaired) electrons. The molecule has 0 saturated heterocycles. The number of phenolic OH excluding ortho intramolecular Hbond substituents is 1. The van der Waals surface area contributed by atoms with Gasteiger partial charge in [-0.15, -0.1) is 0 Å². The van der Waals surface area contributed by atoms with Gasteiger partial charge in [0.25, 0.3) is 0 Å². The molecule has 106 valence electrons. The number of benzene rings is 3. The molecule has 1 N–H and O–H groups in total. The lowest BCUT2D eigenvalue weighted by atomic mass is 10.0. The monoisotopic (exact) mass is 288 g/mol. The Labute approximate surface area is 126 Å². The van der Waals surface area contributed by atoms with Crippen molar-refractivity contribution in [1.82, 2.24) is 0 Å². The third-order valence-electron chi connectivity index (χ3n) is 3.75. The average molecular weight is 288 g/mol. The molecule has 3 nitrogen and oxygen atoms in total. The number of hydrogen-bond acceptors (Lipinski definition) is 3. The van der Waals surface area contributed by atoms with Crippen LogP contribution >= 0.6 is 0 Å². The van der Waals surface area contributed by atoms with Crippen LogP contribution in [0.5, 0.6) is 5.75 Å². The molecule has 3 aromatic carbocycles. The standard InChI is InChI=1S/C19H12O3/c20-14-7-8-15-16-10-13(6-9-17(16)22-18(15)11-14)19(21)12-4-2-1-3-5-12/h1-11,20H. The van der Waals surface area contributed by atoms with Gasteiger partial charge in [-0.2, -0.15) is 0 Å². The minimum absolute atomic E-state index is 0.0179. The molecule has 0 unspecified atom stereocenters. The third-order valence-corrected chi connectivity index (χ3v) is 3.75. The highest BCUT2D eigenvalue weighted by Gasteiger charge is 2.13. The maximum atomic E-state index is 12.5. The molecule has 1 heterocycles. The summed E-state index contributed by atoms with van der Waals surface area (Å²) in [5, 5.41) is 11.3. The van der Waals surface area contributed by atoms with E-state index in [2.05, 4.69) is 0 Å².